The highest BCUT2D eigenvalue weighted by Gasteiger charge is 2.55. The first-order valence-corrected chi connectivity index (χ1v) is 8.68. The van der Waals surface area contributed by atoms with Crippen LogP contribution in [0.15, 0.2) is 24.3 Å². The minimum atomic E-state index is -0.0856. The van der Waals surface area contributed by atoms with E-state index in [1.54, 1.807) is 5.57 Å². The maximum absolute atomic E-state index is 11.8. The lowest BCUT2D eigenvalue weighted by Crippen LogP contribution is -2.52. The van der Waals surface area contributed by atoms with Crippen LogP contribution in [0.5, 0.6) is 0 Å². The van der Waals surface area contributed by atoms with Gasteiger partial charge in [-0.1, -0.05) is 44.9 Å². The number of aldehydes is 1. The van der Waals surface area contributed by atoms with Crippen LogP contribution in [0.3, 0.4) is 0 Å². The van der Waals surface area contributed by atoms with Gasteiger partial charge in [-0.2, -0.15) is 0 Å². The van der Waals surface area contributed by atoms with E-state index in [2.05, 4.69) is 39.5 Å². The lowest BCUT2D eigenvalue weighted by atomic mass is 9.45. The number of fused-ring (bicyclic) bond motifs is 3. The average Bonchev–Trinajstić information content (AvgIpc) is 2.46. The first kappa shape index (κ1) is 15.1. The van der Waals surface area contributed by atoms with Crippen LogP contribution in [0.25, 0.3) is 0 Å². The molecule has 0 N–H and O–H groups in total. The molecular weight excluding hydrogens is 256 g/mol. The summed E-state index contributed by atoms with van der Waals surface area (Å²) in [4.78, 5) is 11.8. The van der Waals surface area contributed by atoms with Crippen molar-refractivity contribution in [3.05, 3.63) is 24.3 Å². The van der Waals surface area contributed by atoms with E-state index < -0.39 is 0 Å². The molecule has 1 heteroatoms. The molecule has 2 saturated carbocycles. The fourth-order valence-corrected chi connectivity index (χ4v) is 5.88. The Morgan fingerprint density at radius 2 is 1.95 bits per heavy atom. The average molecular weight is 286 g/mol. The minimum Gasteiger partial charge on any atom is -0.303 e. The molecule has 1 nitrogen and oxygen atoms in total. The van der Waals surface area contributed by atoms with Crippen LogP contribution in [0.4, 0.5) is 0 Å². The summed E-state index contributed by atoms with van der Waals surface area (Å²) in [5.41, 5.74) is 2.10. The zero-order chi connectivity index (χ0) is 15.3. The van der Waals surface area contributed by atoms with Gasteiger partial charge in [0.05, 0.1) is 0 Å². The number of carbonyl (C=O) groups excluding carboxylic acids is 1. The van der Waals surface area contributed by atoms with E-state index >= 15 is 0 Å². The Morgan fingerprint density at radius 1 is 1.19 bits per heavy atom. The third-order valence-electron chi connectivity index (χ3n) is 7.21. The molecule has 116 valence electrons. The molecule has 0 heterocycles. The first-order chi connectivity index (χ1) is 9.87. The molecule has 5 atom stereocenters. The largest absolute Gasteiger partial charge is 0.303 e. The fraction of sp³-hybridized carbons (Fsp3) is 0.750. The maximum Gasteiger partial charge on any atom is 0.126 e. The van der Waals surface area contributed by atoms with Gasteiger partial charge in [0.15, 0.2) is 0 Å². The van der Waals surface area contributed by atoms with Gasteiger partial charge >= 0.3 is 0 Å². The molecule has 3 aliphatic carbocycles. The lowest BCUT2D eigenvalue weighted by molar-refractivity contribution is -0.131. The van der Waals surface area contributed by atoms with Crippen molar-refractivity contribution >= 4 is 6.29 Å². The second kappa shape index (κ2) is 4.83. The summed E-state index contributed by atoms with van der Waals surface area (Å²) in [6.07, 6.45) is 14.4. The fourth-order valence-electron chi connectivity index (χ4n) is 5.88. The Labute approximate surface area is 129 Å². The van der Waals surface area contributed by atoms with E-state index in [-0.39, 0.29) is 10.8 Å². The number of rotatable bonds is 2. The summed E-state index contributed by atoms with van der Waals surface area (Å²) < 4.78 is 0. The Morgan fingerprint density at radius 3 is 2.62 bits per heavy atom. The summed E-state index contributed by atoms with van der Waals surface area (Å²) in [5.74, 6) is 1.27. The minimum absolute atomic E-state index is 0.0856. The summed E-state index contributed by atoms with van der Waals surface area (Å²) >= 11 is 0. The van der Waals surface area contributed by atoms with Crippen molar-refractivity contribution in [1.29, 1.82) is 0 Å². The van der Waals surface area contributed by atoms with Crippen molar-refractivity contribution in [3.63, 3.8) is 0 Å². The quantitative estimate of drug-likeness (QED) is 0.496. The molecule has 0 amide bonds. The zero-order valence-electron chi connectivity index (χ0n) is 14.0. The molecule has 0 bridgehead atoms. The standard InChI is InChI=1S/C20H30O/c1-5-18(2)12-9-16-15(13-18)7-8-17-19(3,14-21)10-6-11-20(16,17)4/h5,13-14,16-17H,1,6-12H2,2-4H3/t16-,17-,18+,19-,20+/m0/s1. The van der Waals surface area contributed by atoms with E-state index in [0.29, 0.717) is 17.3 Å². The lowest BCUT2D eigenvalue weighted by Gasteiger charge is -2.59. The Balaban J connectivity index is 1.98. The third kappa shape index (κ3) is 2.15. The van der Waals surface area contributed by atoms with E-state index in [1.807, 2.05) is 0 Å². The van der Waals surface area contributed by atoms with E-state index in [0.717, 1.165) is 6.42 Å². The van der Waals surface area contributed by atoms with Crippen molar-refractivity contribution in [1.82, 2.24) is 0 Å². The van der Waals surface area contributed by atoms with Gasteiger partial charge in [0.25, 0.3) is 0 Å². The van der Waals surface area contributed by atoms with Crippen LogP contribution in [0, 0.1) is 28.1 Å². The molecular formula is C20H30O. The summed E-state index contributed by atoms with van der Waals surface area (Å²) in [7, 11) is 0. The molecule has 3 aliphatic rings. The molecule has 0 spiro atoms. The number of hydrogen-bond acceptors (Lipinski definition) is 1. The Hall–Kier alpha value is -0.850. The Bertz CT molecular complexity index is 490. The van der Waals surface area contributed by atoms with Crippen molar-refractivity contribution in [2.45, 2.75) is 65.7 Å². The van der Waals surface area contributed by atoms with Gasteiger partial charge in [-0.3, -0.25) is 0 Å². The molecule has 0 aliphatic heterocycles. The summed E-state index contributed by atoms with van der Waals surface area (Å²) in [6, 6.07) is 0. The number of hydrogen-bond donors (Lipinski definition) is 0. The monoisotopic (exact) mass is 286 g/mol. The predicted molar refractivity (Wildman–Crippen MR) is 88.0 cm³/mol. The van der Waals surface area contributed by atoms with Crippen molar-refractivity contribution in [2.24, 2.45) is 28.1 Å². The molecule has 2 fully saturated rings. The highest BCUT2D eigenvalue weighted by molar-refractivity contribution is 5.60. The second-order valence-electron chi connectivity index (χ2n) is 8.59. The van der Waals surface area contributed by atoms with Crippen molar-refractivity contribution in [2.75, 3.05) is 0 Å². The van der Waals surface area contributed by atoms with Gasteiger partial charge in [0, 0.05) is 10.8 Å². The van der Waals surface area contributed by atoms with Crippen LogP contribution < -0.4 is 0 Å². The molecule has 0 unspecified atom stereocenters. The van der Waals surface area contributed by atoms with Crippen molar-refractivity contribution < 1.29 is 4.79 Å². The van der Waals surface area contributed by atoms with Gasteiger partial charge in [0.1, 0.15) is 6.29 Å². The van der Waals surface area contributed by atoms with Gasteiger partial charge in [-0.05, 0) is 55.8 Å². The van der Waals surface area contributed by atoms with Gasteiger partial charge < -0.3 is 4.79 Å². The maximum atomic E-state index is 11.8. The summed E-state index contributed by atoms with van der Waals surface area (Å²) in [5, 5.41) is 0. The molecule has 3 rings (SSSR count). The van der Waals surface area contributed by atoms with Gasteiger partial charge in [-0.25, -0.2) is 0 Å². The first-order valence-electron chi connectivity index (χ1n) is 8.68. The summed E-state index contributed by atoms with van der Waals surface area (Å²) in [6.45, 7) is 11.0. The second-order valence-corrected chi connectivity index (χ2v) is 8.59. The topological polar surface area (TPSA) is 17.1 Å². The molecule has 0 saturated heterocycles. The zero-order valence-corrected chi connectivity index (χ0v) is 14.0. The normalized spacial score (nSPS) is 49.6. The highest BCUT2D eigenvalue weighted by Crippen LogP contribution is 2.63. The number of carbonyl (C=O) groups is 1. The van der Waals surface area contributed by atoms with Crippen LogP contribution in [0.1, 0.15) is 65.7 Å². The SMILES string of the molecule is C=C[C@@]1(C)C=C2CC[C@@H]3[C@](C)(CCC[C@@]3(C)C=O)[C@H]2CC1. The van der Waals surface area contributed by atoms with E-state index in [4.69, 9.17) is 0 Å². The van der Waals surface area contributed by atoms with Crippen LogP contribution in [-0.4, -0.2) is 6.29 Å². The van der Waals surface area contributed by atoms with Crippen LogP contribution in [-0.2, 0) is 4.79 Å². The number of allylic oxidation sites excluding steroid dienone is 3. The van der Waals surface area contributed by atoms with Gasteiger partial charge in [0.2, 0.25) is 0 Å². The molecule has 0 aromatic heterocycles. The van der Waals surface area contributed by atoms with Crippen LogP contribution in [0.2, 0.25) is 0 Å². The molecule has 0 aromatic carbocycles. The molecule has 0 radical (unpaired) electrons. The predicted octanol–water partition coefficient (Wildman–Crippen LogP) is 5.32. The van der Waals surface area contributed by atoms with E-state index in [9.17, 15) is 4.79 Å². The Kier molecular flexibility index (Phi) is 3.46. The third-order valence-corrected chi connectivity index (χ3v) is 7.21. The molecule has 21 heavy (non-hydrogen) atoms. The van der Waals surface area contributed by atoms with E-state index in [1.165, 1.54) is 44.8 Å². The highest BCUT2D eigenvalue weighted by atomic mass is 16.1. The smallest absolute Gasteiger partial charge is 0.126 e. The van der Waals surface area contributed by atoms with Gasteiger partial charge in [-0.15, -0.1) is 6.58 Å². The van der Waals surface area contributed by atoms with Crippen LogP contribution >= 0.6 is 0 Å². The van der Waals surface area contributed by atoms with Crippen molar-refractivity contribution in [3.8, 4) is 0 Å². The molecule has 0 aromatic rings.